The molecule has 6 nitrogen and oxygen atoms in total. The molecule has 0 saturated heterocycles. The van der Waals surface area contributed by atoms with Crippen LogP contribution >= 0.6 is 0 Å². The first-order valence-corrected chi connectivity index (χ1v) is 34.8. The van der Waals surface area contributed by atoms with Gasteiger partial charge in [0.2, 0.25) is 0 Å². The fourth-order valence-electron chi connectivity index (χ4n) is 11.4. The minimum atomic E-state index is -4.50. The van der Waals surface area contributed by atoms with E-state index in [-0.39, 0.29) is 47.5 Å². The van der Waals surface area contributed by atoms with E-state index in [1.54, 1.807) is 12.1 Å². The Kier molecular flexibility index (Phi) is 41.9. The minimum Gasteiger partial charge on any atom is -0.744 e. The number of benzene rings is 4. The molecule has 0 atom stereocenters. The predicted molar refractivity (Wildman–Crippen MR) is 332 cm³/mol. The van der Waals surface area contributed by atoms with Crippen LogP contribution in [0.25, 0.3) is 21.5 Å². The molecule has 4 rings (SSSR count). The van der Waals surface area contributed by atoms with Gasteiger partial charge in [0.15, 0.2) is 0 Å². The van der Waals surface area contributed by atoms with Crippen LogP contribution in [-0.4, -0.2) is 63.7 Å². The molecule has 432 valence electrons. The molecule has 0 heterocycles. The molecule has 0 amide bonds. The van der Waals surface area contributed by atoms with Crippen molar-refractivity contribution in [1.82, 2.24) is 0 Å². The molecule has 0 aliphatic rings. The Morgan fingerprint density at radius 3 is 0.740 bits per heavy atom. The fraction of sp³-hybridized carbons (Fsp3) is 0.706. The van der Waals surface area contributed by atoms with Crippen LogP contribution < -0.4 is 0 Å². The number of fused-ring (bicyclic) bond motifs is 2. The van der Waals surface area contributed by atoms with Gasteiger partial charge < -0.3 is 9.11 Å². The van der Waals surface area contributed by atoms with Gasteiger partial charge in [0, 0.05) is 0 Å². The van der Waals surface area contributed by atoms with Crippen molar-refractivity contribution in [3.05, 3.63) is 82.9 Å². The van der Waals surface area contributed by atoms with Crippen molar-refractivity contribution in [2.45, 2.75) is 320 Å². The maximum atomic E-state index is 12.0. The first-order valence-electron chi connectivity index (χ1n) is 31.9. The first-order chi connectivity index (χ1) is 36.9. The van der Waals surface area contributed by atoms with Crippen molar-refractivity contribution >= 4 is 79.5 Å². The summed E-state index contributed by atoms with van der Waals surface area (Å²) in [7, 11) is -9.00. The average molecular weight is 1130 g/mol. The smallest absolute Gasteiger partial charge is 0.744 e. The molecule has 0 bridgehead atoms. The second-order valence-electron chi connectivity index (χ2n) is 22.8. The molecular formula is C68H110CaO6S2. The molecule has 0 N–H and O–H groups in total. The van der Waals surface area contributed by atoms with Crippen molar-refractivity contribution in [3.63, 3.8) is 0 Å². The van der Waals surface area contributed by atoms with Gasteiger partial charge in [-0.05, 0) is 119 Å². The van der Waals surface area contributed by atoms with Crippen molar-refractivity contribution in [3.8, 4) is 0 Å². The quantitative estimate of drug-likeness (QED) is 0.0247. The van der Waals surface area contributed by atoms with Gasteiger partial charge in [-0.25, -0.2) is 16.8 Å². The molecule has 77 heavy (non-hydrogen) atoms. The van der Waals surface area contributed by atoms with E-state index in [4.69, 9.17) is 0 Å². The number of unbranched alkanes of at least 4 members (excludes halogenated alkanes) is 36. The minimum absolute atomic E-state index is 0. The van der Waals surface area contributed by atoms with Crippen LogP contribution in [0.4, 0.5) is 0 Å². The summed E-state index contributed by atoms with van der Waals surface area (Å²) in [6.45, 7) is 9.04. The predicted octanol–water partition coefficient (Wildman–Crippen LogP) is 21.0. The Labute approximate surface area is 504 Å². The zero-order valence-electron chi connectivity index (χ0n) is 49.9. The Morgan fingerprint density at radius 1 is 0.286 bits per heavy atom. The second-order valence-corrected chi connectivity index (χ2v) is 25.5. The number of rotatable bonds is 46. The molecule has 4 aromatic carbocycles. The van der Waals surface area contributed by atoms with E-state index >= 15 is 0 Å². The molecule has 0 unspecified atom stereocenters. The van der Waals surface area contributed by atoms with Crippen molar-refractivity contribution in [1.29, 1.82) is 0 Å². The van der Waals surface area contributed by atoms with E-state index in [0.29, 0.717) is 10.8 Å². The van der Waals surface area contributed by atoms with Gasteiger partial charge in [-0.1, -0.05) is 295 Å². The molecule has 4 aromatic rings. The Balaban J connectivity index is 0.000000520. The van der Waals surface area contributed by atoms with Gasteiger partial charge in [-0.15, -0.1) is 0 Å². The standard InChI is InChI=1S/2C34H56O3S.Ca/c2*1-3-5-7-9-11-13-15-17-19-21-24-30-28-31(25-22-20-18-16-14-12-10-8-6-4-2)32-26-23-27-34(33(32)29-30)38(35,36)37;/h2*23,26-29H,3-22,24-25H2,1-2H3,(H,35,36,37);/q;;+2/p-2. The molecule has 0 aliphatic heterocycles. The van der Waals surface area contributed by atoms with E-state index < -0.39 is 20.2 Å². The third kappa shape index (κ3) is 32.1. The summed E-state index contributed by atoms with van der Waals surface area (Å²) in [5.41, 5.74) is 4.76. The zero-order chi connectivity index (χ0) is 55.0. The molecule has 0 fully saturated rings. The Bertz CT molecular complexity index is 2160. The van der Waals surface area contributed by atoms with Crippen LogP contribution in [0.5, 0.6) is 0 Å². The zero-order valence-corrected chi connectivity index (χ0v) is 53.7. The van der Waals surface area contributed by atoms with Crippen LogP contribution in [-0.2, 0) is 45.9 Å². The van der Waals surface area contributed by atoms with E-state index in [1.807, 2.05) is 24.3 Å². The molecule has 0 saturated carbocycles. The third-order valence-corrected chi connectivity index (χ3v) is 17.8. The van der Waals surface area contributed by atoms with Crippen molar-refractivity contribution in [2.24, 2.45) is 0 Å². The van der Waals surface area contributed by atoms with E-state index in [0.717, 1.165) is 62.1 Å². The van der Waals surface area contributed by atoms with Crippen LogP contribution in [0.1, 0.15) is 307 Å². The summed E-state index contributed by atoms with van der Waals surface area (Å²) >= 11 is 0. The summed E-state index contributed by atoms with van der Waals surface area (Å²) < 4.78 is 72.0. The third-order valence-electron chi connectivity index (χ3n) is 16.0. The maximum absolute atomic E-state index is 12.0. The van der Waals surface area contributed by atoms with E-state index in [9.17, 15) is 25.9 Å². The summed E-state index contributed by atoms with van der Waals surface area (Å²) in [5, 5.41) is 3.11. The van der Waals surface area contributed by atoms with Gasteiger partial charge in [-0.2, -0.15) is 0 Å². The van der Waals surface area contributed by atoms with Crippen molar-refractivity contribution in [2.75, 3.05) is 0 Å². The molecule has 0 aliphatic carbocycles. The van der Waals surface area contributed by atoms with Gasteiger partial charge in [0.1, 0.15) is 20.2 Å². The fourth-order valence-corrected chi connectivity index (χ4v) is 12.7. The van der Waals surface area contributed by atoms with Crippen LogP contribution in [0.3, 0.4) is 0 Å². The van der Waals surface area contributed by atoms with Crippen LogP contribution in [0.15, 0.2) is 70.5 Å². The molecule has 0 spiro atoms. The Morgan fingerprint density at radius 2 is 0.506 bits per heavy atom. The normalized spacial score (nSPS) is 11.8. The Hall–Kier alpha value is -1.52. The van der Waals surface area contributed by atoms with Gasteiger partial charge in [-0.3, -0.25) is 0 Å². The van der Waals surface area contributed by atoms with Gasteiger partial charge in [0.25, 0.3) is 0 Å². The van der Waals surface area contributed by atoms with Gasteiger partial charge >= 0.3 is 37.7 Å². The van der Waals surface area contributed by atoms with Gasteiger partial charge in [0.05, 0.1) is 9.79 Å². The summed E-state index contributed by atoms with van der Waals surface area (Å²) in [4.78, 5) is -0.131. The first kappa shape index (κ1) is 71.6. The molecule has 0 aromatic heterocycles. The second kappa shape index (κ2) is 45.1. The summed E-state index contributed by atoms with van der Waals surface area (Å²) in [5.74, 6) is 0. The molecule has 0 radical (unpaired) electrons. The summed E-state index contributed by atoms with van der Waals surface area (Å²) in [6, 6.07) is 18.9. The maximum Gasteiger partial charge on any atom is 2.00 e. The SMILES string of the molecule is CCCCCCCCCCCCc1cc(CCCCCCCCCCCC)c2cccc(S(=O)(=O)[O-])c2c1.CCCCCCCCCCCCc1cc(CCCCCCCCCCCC)c2cccc(S(=O)(=O)[O-])c2c1.[Ca+2]. The number of hydrogen-bond donors (Lipinski definition) is 0. The molecular weight excluding hydrogens is 1020 g/mol. The summed E-state index contributed by atoms with van der Waals surface area (Å²) in [6.07, 6.45) is 55.9. The average Bonchev–Trinajstić information content (AvgIpc) is 3.42. The van der Waals surface area contributed by atoms with Crippen LogP contribution in [0, 0.1) is 0 Å². The topological polar surface area (TPSA) is 114 Å². The molecule has 9 heteroatoms. The van der Waals surface area contributed by atoms with E-state index in [2.05, 4.69) is 39.8 Å². The van der Waals surface area contributed by atoms with Crippen LogP contribution in [0.2, 0.25) is 0 Å². The number of hydrogen-bond acceptors (Lipinski definition) is 6. The monoisotopic (exact) mass is 1130 g/mol. The largest absolute Gasteiger partial charge is 2.00 e. The van der Waals surface area contributed by atoms with Crippen molar-refractivity contribution < 1.29 is 25.9 Å². The number of aryl methyl sites for hydroxylation is 4. The van der Waals surface area contributed by atoms with E-state index in [1.165, 1.54) is 266 Å².